The van der Waals surface area contributed by atoms with Gasteiger partial charge < -0.3 is 10.2 Å². The molecular weight excluding hydrogens is 358 g/mol. The van der Waals surface area contributed by atoms with Gasteiger partial charge in [-0.05, 0) is 52.0 Å². The van der Waals surface area contributed by atoms with Crippen molar-refractivity contribution in [2.45, 2.75) is 70.9 Å². The van der Waals surface area contributed by atoms with Crippen LogP contribution < -0.4 is 5.32 Å². The first-order chi connectivity index (χ1) is 13.0. The highest BCUT2D eigenvalue weighted by atomic mass is 32.1. The zero-order valence-electron chi connectivity index (χ0n) is 16.4. The second kappa shape index (κ2) is 7.62. The fraction of sp³-hybridized carbons (Fsp3) is 0.650. The predicted octanol–water partition coefficient (Wildman–Crippen LogP) is 3.68. The summed E-state index contributed by atoms with van der Waals surface area (Å²) in [6.07, 6.45) is 8.85. The topological polar surface area (TPSA) is 63.1 Å². The number of aryl methyl sites for hydroxylation is 2. The van der Waals surface area contributed by atoms with Gasteiger partial charge >= 0.3 is 6.03 Å². The van der Waals surface area contributed by atoms with Crippen LogP contribution >= 0.6 is 11.3 Å². The van der Waals surface area contributed by atoms with Crippen molar-refractivity contribution in [3.05, 3.63) is 33.5 Å². The molecule has 2 aromatic heterocycles. The van der Waals surface area contributed by atoms with Crippen molar-refractivity contribution in [2.24, 2.45) is 0 Å². The molecule has 0 saturated carbocycles. The molecular formula is C20H29N5OS. The van der Waals surface area contributed by atoms with Crippen LogP contribution in [0.5, 0.6) is 0 Å². The molecule has 27 heavy (non-hydrogen) atoms. The van der Waals surface area contributed by atoms with Crippen LogP contribution in [-0.2, 0) is 12.8 Å². The van der Waals surface area contributed by atoms with Crippen LogP contribution in [0, 0.1) is 6.92 Å². The van der Waals surface area contributed by atoms with E-state index in [4.69, 9.17) is 0 Å². The molecule has 1 fully saturated rings. The van der Waals surface area contributed by atoms with E-state index in [-0.39, 0.29) is 12.1 Å². The Morgan fingerprint density at radius 1 is 1.26 bits per heavy atom. The normalized spacial score (nSPS) is 20.7. The zero-order valence-corrected chi connectivity index (χ0v) is 17.3. The highest BCUT2D eigenvalue weighted by Gasteiger charge is 2.29. The van der Waals surface area contributed by atoms with Crippen LogP contribution in [0.25, 0.3) is 0 Å². The number of rotatable bonds is 3. The molecule has 0 bridgehead atoms. The van der Waals surface area contributed by atoms with Gasteiger partial charge in [-0.2, -0.15) is 5.10 Å². The fourth-order valence-corrected chi connectivity index (χ4v) is 5.19. The Labute approximate surface area is 165 Å². The third kappa shape index (κ3) is 3.88. The van der Waals surface area contributed by atoms with Gasteiger partial charge in [0.05, 0.1) is 11.2 Å². The lowest BCUT2D eigenvalue weighted by Gasteiger charge is -2.33. The lowest BCUT2D eigenvalue weighted by molar-refractivity contribution is 0.176. The van der Waals surface area contributed by atoms with Crippen LogP contribution in [0.3, 0.4) is 0 Å². The summed E-state index contributed by atoms with van der Waals surface area (Å²) in [6.45, 7) is 8.05. The highest BCUT2D eigenvalue weighted by molar-refractivity contribution is 7.11. The first kappa shape index (κ1) is 18.5. The Balaban J connectivity index is 1.32. The maximum absolute atomic E-state index is 12.8. The van der Waals surface area contributed by atoms with Crippen LogP contribution in [-0.4, -0.2) is 44.8 Å². The van der Waals surface area contributed by atoms with Crippen LogP contribution in [0.15, 0.2) is 12.4 Å². The quantitative estimate of drug-likeness (QED) is 0.874. The molecule has 1 unspecified atom stereocenters. The second-order valence-electron chi connectivity index (χ2n) is 8.11. The number of aromatic nitrogens is 3. The molecule has 2 amide bonds. The van der Waals surface area contributed by atoms with E-state index >= 15 is 0 Å². The molecule has 0 aromatic carbocycles. The average Bonchev–Trinajstić information content (AvgIpc) is 3.28. The summed E-state index contributed by atoms with van der Waals surface area (Å²) in [6, 6.07) is 0.656. The summed E-state index contributed by atoms with van der Waals surface area (Å²) in [7, 11) is 0. The zero-order chi connectivity index (χ0) is 19.0. The smallest absolute Gasteiger partial charge is 0.317 e. The number of urea groups is 1. The van der Waals surface area contributed by atoms with Gasteiger partial charge in [0.25, 0.3) is 0 Å². The van der Waals surface area contributed by atoms with Gasteiger partial charge in [0.15, 0.2) is 0 Å². The molecule has 6 nitrogen and oxygen atoms in total. The molecule has 3 heterocycles. The van der Waals surface area contributed by atoms with E-state index in [1.165, 1.54) is 21.1 Å². The van der Waals surface area contributed by atoms with Gasteiger partial charge in [-0.15, -0.1) is 11.3 Å². The van der Waals surface area contributed by atoms with Crippen molar-refractivity contribution in [3.63, 3.8) is 0 Å². The average molecular weight is 388 g/mol. The molecule has 4 rings (SSSR count). The van der Waals surface area contributed by atoms with Crippen molar-refractivity contribution in [1.82, 2.24) is 25.0 Å². The Bertz CT molecular complexity index is 803. The summed E-state index contributed by atoms with van der Waals surface area (Å²) >= 11 is 1.79. The third-order valence-electron chi connectivity index (χ3n) is 5.77. The molecule has 1 saturated heterocycles. The van der Waals surface area contributed by atoms with Crippen LogP contribution in [0.2, 0.25) is 0 Å². The molecule has 1 N–H and O–H groups in total. The molecule has 146 valence electrons. The van der Waals surface area contributed by atoms with E-state index in [0.29, 0.717) is 12.0 Å². The second-order valence-corrected chi connectivity index (χ2v) is 9.38. The number of amides is 2. The number of likely N-dealkylation sites (tertiary alicyclic amines) is 1. The van der Waals surface area contributed by atoms with E-state index in [9.17, 15) is 4.79 Å². The predicted molar refractivity (Wildman–Crippen MR) is 107 cm³/mol. The van der Waals surface area contributed by atoms with Gasteiger partial charge in [0.1, 0.15) is 0 Å². The third-order valence-corrected chi connectivity index (χ3v) is 6.85. The number of nitrogens with zero attached hydrogens (tertiary/aromatic N) is 4. The lowest BCUT2D eigenvalue weighted by Crippen LogP contribution is -2.49. The minimum atomic E-state index is 0.0906. The summed E-state index contributed by atoms with van der Waals surface area (Å²) in [4.78, 5) is 20.5. The SMILES string of the molecule is Cc1cnc(C2CCN(C(=O)NC3CCc4cnn(C(C)C)c4C3)CC2)s1. The summed E-state index contributed by atoms with van der Waals surface area (Å²) in [5, 5.41) is 9.04. The first-order valence-corrected chi connectivity index (χ1v) is 10.9. The fourth-order valence-electron chi connectivity index (χ4n) is 4.25. The number of thiazole rings is 1. The molecule has 1 aliphatic carbocycles. The van der Waals surface area contributed by atoms with Gasteiger partial charge in [0, 0.05) is 54.3 Å². The molecule has 2 aromatic rings. The summed E-state index contributed by atoms with van der Waals surface area (Å²) < 4.78 is 2.11. The van der Waals surface area contributed by atoms with E-state index < -0.39 is 0 Å². The Morgan fingerprint density at radius 3 is 2.70 bits per heavy atom. The van der Waals surface area contributed by atoms with Crippen molar-refractivity contribution in [1.29, 1.82) is 0 Å². The molecule has 1 aliphatic heterocycles. The summed E-state index contributed by atoms with van der Waals surface area (Å²) in [5.41, 5.74) is 2.63. The van der Waals surface area contributed by atoms with E-state index in [1.54, 1.807) is 11.3 Å². The highest BCUT2D eigenvalue weighted by Crippen LogP contribution is 2.31. The van der Waals surface area contributed by atoms with Crippen molar-refractivity contribution in [2.75, 3.05) is 13.1 Å². The number of nitrogens with one attached hydrogen (secondary N) is 1. The van der Waals surface area contributed by atoms with Gasteiger partial charge in [-0.3, -0.25) is 4.68 Å². The maximum atomic E-state index is 12.8. The minimum Gasteiger partial charge on any atom is -0.335 e. The Hall–Kier alpha value is -1.89. The molecule has 0 radical (unpaired) electrons. The molecule has 0 spiro atoms. The number of hydrogen-bond donors (Lipinski definition) is 1. The number of piperidine rings is 1. The van der Waals surface area contributed by atoms with E-state index in [0.717, 1.165) is 45.2 Å². The number of carbonyl (C=O) groups excluding carboxylic acids is 1. The van der Waals surface area contributed by atoms with Crippen LogP contribution in [0.4, 0.5) is 4.79 Å². The molecule has 2 aliphatic rings. The Morgan fingerprint density at radius 2 is 2.04 bits per heavy atom. The van der Waals surface area contributed by atoms with Crippen molar-refractivity contribution < 1.29 is 4.79 Å². The minimum absolute atomic E-state index is 0.0906. The standard InChI is InChI=1S/C20H29N5OS/c1-13(2)25-18-10-17(5-4-16(18)12-22-25)23-20(26)24-8-6-15(7-9-24)19-21-11-14(3)27-19/h11-13,15,17H,4-10H2,1-3H3,(H,23,26). The van der Waals surface area contributed by atoms with Gasteiger partial charge in [-0.1, -0.05) is 0 Å². The van der Waals surface area contributed by atoms with E-state index in [2.05, 4.69) is 40.9 Å². The van der Waals surface area contributed by atoms with Gasteiger partial charge in [-0.25, -0.2) is 9.78 Å². The number of fused-ring (bicyclic) bond motifs is 1. The number of hydrogen-bond acceptors (Lipinski definition) is 4. The van der Waals surface area contributed by atoms with Gasteiger partial charge in [0.2, 0.25) is 0 Å². The monoisotopic (exact) mass is 387 g/mol. The van der Waals surface area contributed by atoms with Crippen molar-refractivity contribution in [3.8, 4) is 0 Å². The molecule has 1 atom stereocenters. The van der Waals surface area contributed by atoms with Crippen LogP contribution in [0.1, 0.15) is 66.2 Å². The Kier molecular flexibility index (Phi) is 5.21. The lowest BCUT2D eigenvalue weighted by atomic mass is 9.93. The molecule has 7 heteroatoms. The van der Waals surface area contributed by atoms with E-state index in [1.807, 2.05) is 17.3 Å². The maximum Gasteiger partial charge on any atom is 0.317 e. The summed E-state index contributed by atoms with van der Waals surface area (Å²) in [5.74, 6) is 0.505. The van der Waals surface area contributed by atoms with Crippen molar-refractivity contribution >= 4 is 17.4 Å². The number of carbonyl (C=O) groups is 1. The largest absolute Gasteiger partial charge is 0.335 e. The first-order valence-electron chi connectivity index (χ1n) is 10.0.